The lowest BCUT2D eigenvalue weighted by atomic mass is 10.2. The molecule has 4 rings (SSSR count). The van der Waals surface area contributed by atoms with Crippen molar-refractivity contribution >= 4 is 33.0 Å². The number of hydrogen-bond donors (Lipinski definition) is 0. The average Bonchev–Trinajstić information content (AvgIpc) is 2.96. The molecule has 0 N–H and O–H groups in total. The minimum absolute atomic E-state index is 0.00804. The molecule has 0 radical (unpaired) electrons. The van der Waals surface area contributed by atoms with E-state index in [1.807, 2.05) is 0 Å². The average molecular weight is 440 g/mol. The molecule has 0 spiro atoms. The summed E-state index contributed by atoms with van der Waals surface area (Å²) in [6.45, 7) is 0.0161. The first-order chi connectivity index (χ1) is 14.8. The van der Waals surface area contributed by atoms with Crippen molar-refractivity contribution in [3.63, 3.8) is 0 Å². The van der Waals surface area contributed by atoms with E-state index in [1.54, 1.807) is 24.3 Å². The van der Waals surface area contributed by atoms with Crippen molar-refractivity contribution < 1.29 is 18.3 Å². The van der Waals surface area contributed by atoms with Crippen LogP contribution in [-0.4, -0.2) is 18.3 Å². The van der Waals surface area contributed by atoms with Crippen LogP contribution in [0, 0.1) is 20.2 Å². The summed E-state index contributed by atoms with van der Waals surface area (Å²) >= 11 is 0. The molecule has 1 aliphatic rings. The lowest BCUT2D eigenvalue weighted by Gasteiger charge is -2.22. The predicted octanol–water partition coefficient (Wildman–Crippen LogP) is 3.77. The van der Waals surface area contributed by atoms with Gasteiger partial charge in [-0.25, -0.2) is 8.61 Å². The fourth-order valence-electron chi connectivity index (χ4n) is 3.36. The van der Waals surface area contributed by atoms with Gasteiger partial charge < -0.3 is 0 Å². The Kier molecular flexibility index (Phi) is 5.03. The number of non-ortho nitro benzene ring substituents is 2. The van der Waals surface area contributed by atoms with Gasteiger partial charge in [-0.2, -0.15) is 8.42 Å². The molecule has 1 aliphatic heterocycles. The molecular weight excluding hydrogens is 424 g/mol. The van der Waals surface area contributed by atoms with Crippen LogP contribution in [0.1, 0.15) is 11.1 Å². The highest BCUT2D eigenvalue weighted by molar-refractivity contribution is 7.94. The van der Waals surface area contributed by atoms with Crippen LogP contribution in [0.2, 0.25) is 0 Å². The van der Waals surface area contributed by atoms with E-state index in [0.29, 0.717) is 22.5 Å². The molecule has 1 heterocycles. The molecule has 0 fully saturated rings. The number of rotatable bonds is 6. The van der Waals surface area contributed by atoms with Gasteiger partial charge in [0.25, 0.3) is 11.4 Å². The number of hydrogen-bond acceptors (Lipinski definition) is 6. The molecule has 0 amide bonds. The summed E-state index contributed by atoms with van der Waals surface area (Å²) in [7, 11) is -3.94. The van der Waals surface area contributed by atoms with Gasteiger partial charge in [-0.05, 0) is 23.3 Å². The monoisotopic (exact) mass is 440 g/mol. The molecule has 0 bridgehead atoms. The molecular formula is C20H16N4O6S. The minimum Gasteiger partial charge on any atom is -0.258 e. The molecule has 158 valence electrons. The second-order valence-corrected chi connectivity index (χ2v) is 8.63. The van der Waals surface area contributed by atoms with Crippen molar-refractivity contribution in [2.24, 2.45) is 0 Å². The van der Waals surface area contributed by atoms with E-state index < -0.39 is 20.1 Å². The van der Waals surface area contributed by atoms with Gasteiger partial charge in [0.2, 0.25) is 0 Å². The Morgan fingerprint density at radius 2 is 1.00 bits per heavy atom. The van der Waals surface area contributed by atoms with Gasteiger partial charge >= 0.3 is 10.2 Å². The van der Waals surface area contributed by atoms with Crippen LogP contribution in [0.15, 0.2) is 72.8 Å². The molecule has 31 heavy (non-hydrogen) atoms. The Hall–Kier alpha value is -3.99. The van der Waals surface area contributed by atoms with E-state index in [1.165, 1.54) is 57.1 Å². The van der Waals surface area contributed by atoms with E-state index in [-0.39, 0.29) is 24.5 Å². The topological polar surface area (TPSA) is 127 Å². The molecule has 10 nitrogen and oxygen atoms in total. The maximum Gasteiger partial charge on any atom is 0.327 e. The summed E-state index contributed by atoms with van der Waals surface area (Å²) in [6.07, 6.45) is 0. The first kappa shape index (κ1) is 20.3. The van der Waals surface area contributed by atoms with E-state index >= 15 is 0 Å². The number of nitro groups is 2. The quantitative estimate of drug-likeness (QED) is 0.424. The lowest BCUT2D eigenvalue weighted by Crippen LogP contribution is -2.37. The summed E-state index contributed by atoms with van der Waals surface area (Å²) in [6, 6.07) is 18.3. The van der Waals surface area contributed by atoms with Gasteiger partial charge in [-0.3, -0.25) is 20.2 Å². The van der Waals surface area contributed by atoms with Crippen LogP contribution >= 0.6 is 0 Å². The Labute approximate surface area is 177 Å². The zero-order valence-electron chi connectivity index (χ0n) is 16.0. The van der Waals surface area contributed by atoms with Crippen molar-refractivity contribution in [3.8, 4) is 0 Å². The zero-order chi connectivity index (χ0) is 22.2. The van der Waals surface area contributed by atoms with E-state index in [2.05, 4.69) is 0 Å². The molecule has 3 aromatic carbocycles. The molecule has 0 saturated heterocycles. The lowest BCUT2D eigenvalue weighted by molar-refractivity contribution is -0.385. The number of fused-ring (bicyclic) bond motifs is 1. The Balaban J connectivity index is 1.65. The van der Waals surface area contributed by atoms with Crippen molar-refractivity contribution in [1.29, 1.82) is 0 Å². The van der Waals surface area contributed by atoms with Gasteiger partial charge in [0, 0.05) is 24.3 Å². The van der Waals surface area contributed by atoms with Crippen LogP contribution < -0.4 is 8.61 Å². The van der Waals surface area contributed by atoms with E-state index in [4.69, 9.17) is 0 Å². The Bertz CT molecular complexity index is 1170. The number of anilines is 2. The number of nitrogens with zero attached hydrogens (tertiary/aromatic N) is 4. The van der Waals surface area contributed by atoms with Crippen molar-refractivity contribution in [2.75, 3.05) is 8.61 Å². The standard InChI is InChI=1S/C20H16N4O6S/c25-23(26)17-9-5-15(6-10-17)13-21-19-3-1-2-4-20(19)22(31(21,29)30)14-16-7-11-18(12-8-16)24(27)28/h1-12H,13-14H2. The van der Waals surface area contributed by atoms with Crippen molar-refractivity contribution in [2.45, 2.75) is 13.1 Å². The number of nitro benzene ring substituents is 2. The molecule has 0 atom stereocenters. The maximum absolute atomic E-state index is 13.3. The SMILES string of the molecule is O=[N+]([O-])c1ccc(CN2c3ccccc3N(Cc3ccc([N+](=O)[O-])cc3)S2(=O)=O)cc1. The van der Waals surface area contributed by atoms with Crippen LogP contribution in [0.3, 0.4) is 0 Å². The molecule has 0 aliphatic carbocycles. The van der Waals surface area contributed by atoms with Crippen LogP contribution in [0.25, 0.3) is 0 Å². The van der Waals surface area contributed by atoms with Gasteiger partial charge in [0.05, 0.1) is 34.3 Å². The summed E-state index contributed by atoms with van der Waals surface area (Å²) in [4.78, 5) is 20.7. The third kappa shape index (κ3) is 3.78. The fourth-order valence-corrected chi connectivity index (χ4v) is 5.03. The highest BCUT2D eigenvalue weighted by atomic mass is 32.2. The van der Waals surface area contributed by atoms with Crippen LogP contribution in [0.4, 0.5) is 22.7 Å². The molecule has 0 unspecified atom stereocenters. The third-order valence-electron chi connectivity index (χ3n) is 4.92. The van der Waals surface area contributed by atoms with Gasteiger partial charge in [0.1, 0.15) is 0 Å². The molecule has 3 aromatic rings. The highest BCUT2D eigenvalue weighted by Gasteiger charge is 2.40. The van der Waals surface area contributed by atoms with Gasteiger partial charge in [0.15, 0.2) is 0 Å². The Morgan fingerprint density at radius 1 is 0.645 bits per heavy atom. The maximum atomic E-state index is 13.3. The summed E-state index contributed by atoms with van der Waals surface area (Å²) in [5.74, 6) is 0. The smallest absolute Gasteiger partial charge is 0.258 e. The minimum atomic E-state index is -3.94. The fraction of sp³-hybridized carbons (Fsp3) is 0.100. The van der Waals surface area contributed by atoms with Crippen LogP contribution in [0.5, 0.6) is 0 Å². The third-order valence-corrected chi connectivity index (χ3v) is 6.69. The van der Waals surface area contributed by atoms with Crippen molar-refractivity contribution in [3.05, 3.63) is 104 Å². The normalized spacial score (nSPS) is 14.3. The first-order valence-electron chi connectivity index (χ1n) is 9.13. The summed E-state index contributed by atoms with van der Waals surface area (Å²) in [5, 5.41) is 21.7. The van der Waals surface area contributed by atoms with E-state index in [9.17, 15) is 28.6 Å². The highest BCUT2D eigenvalue weighted by Crippen LogP contribution is 2.42. The summed E-state index contributed by atoms with van der Waals surface area (Å²) < 4.78 is 29.2. The summed E-state index contributed by atoms with van der Waals surface area (Å²) in [5.41, 5.74) is 2.02. The second-order valence-electron chi connectivity index (χ2n) is 6.86. The molecule has 0 aromatic heterocycles. The first-order valence-corrected chi connectivity index (χ1v) is 10.5. The second kappa shape index (κ2) is 7.69. The largest absolute Gasteiger partial charge is 0.327 e. The van der Waals surface area contributed by atoms with Gasteiger partial charge in [-0.15, -0.1) is 0 Å². The number of para-hydroxylation sites is 2. The van der Waals surface area contributed by atoms with E-state index in [0.717, 1.165) is 0 Å². The Morgan fingerprint density at radius 3 is 1.32 bits per heavy atom. The van der Waals surface area contributed by atoms with Crippen molar-refractivity contribution in [1.82, 2.24) is 0 Å². The number of benzene rings is 3. The van der Waals surface area contributed by atoms with Gasteiger partial charge in [-0.1, -0.05) is 36.4 Å². The molecule has 11 heteroatoms. The zero-order valence-corrected chi connectivity index (χ0v) is 16.8. The van der Waals surface area contributed by atoms with Crippen LogP contribution in [-0.2, 0) is 23.3 Å². The molecule has 0 saturated carbocycles. The predicted molar refractivity (Wildman–Crippen MR) is 114 cm³/mol.